The van der Waals surface area contributed by atoms with Crippen LogP contribution in [0.2, 0.25) is 0 Å². The number of hydrogen-bond acceptors (Lipinski definition) is 5. The lowest BCUT2D eigenvalue weighted by Crippen LogP contribution is -2.46. The van der Waals surface area contributed by atoms with Crippen LogP contribution in [0.15, 0.2) is 97.2 Å². The fourth-order valence-corrected chi connectivity index (χ4v) is 6.88. The molecule has 0 aliphatic heterocycles. The lowest BCUT2D eigenvalue weighted by molar-refractivity contribution is -0.151. The van der Waals surface area contributed by atoms with Crippen LogP contribution in [0.25, 0.3) is 0 Å². The summed E-state index contributed by atoms with van der Waals surface area (Å²) in [4.78, 5) is 26.1. The smallest absolute Gasteiger partial charge is 0.306 e. The van der Waals surface area contributed by atoms with Crippen molar-refractivity contribution in [2.75, 3.05) is 6.61 Å². The van der Waals surface area contributed by atoms with Crippen molar-refractivity contribution in [1.29, 1.82) is 0 Å². The number of amides is 1. The largest absolute Gasteiger partial charge is 0.462 e. The number of carbonyl (C=O) groups excluding carboxylic acids is 2. The SMILES string of the molecule is CC/C=C/C/C=C/C/C=C/C/C=C/CCCC(CC(=O)NC(CO)C(O)CCCCCCCCCCC)OC(=O)CCCCC/C=C\C/C=C\C/C=C\C/C=C\CCCCC. The third kappa shape index (κ3) is 43.2. The van der Waals surface area contributed by atoms with Crippen molar-refractivity contribution < 1.29 is 24.5 Å². The van der Waals surface area contributed by atoms with Gasteiger partial charge in [0.2, 0.25) is 5.91 Å². The normalized spacial score (nSPS) is 14.1. The van der Waals surface area contributed by atoms with E-state index in [2.05, 4.69) is 123 Å². The topological polar surface area (TPSA) is 95.9 Å². The summed E-state index contributed by atoms with van der Waals surface area (Å²) in [6.07, 6.45) is 63.3. The fraction of sp³-hybridized carbons (Fsp3) is 0.673. The van der Waals surface area contributed by atoms with E-state index in [4.69, 9.17) is 4.74 Å². The molecule has 0 aliphatic rings. The Balaban J connectivity index is 4.73. The van der Waals surface area contributed by atoms with Crippen molar-refractivity contribution in [3.8, 4) is 0 Å². The minimum absolute atomic E-state index is 0.0211. The highest BCUT2D eigenvalue weighted by Gasteiger charge is 2.24. The maximum Gasteiger partial charge on any atom is 0.306 e. The summed E-state index contributed by atoms with van der Waals surface area (Å²) in [7, 11) is 0. The molecule has 0 saturated carbocycles. The maximum atomic E-state index is 13.2. The van der Waals surface area contributed by atoms with Crippen LogP contribution in [-0.2, 0) is 14.3 Å². The molecule has 0 spiro atoms. The molecule has 1 amide bonds. The van der Waals surface area contributed by atoms with Crippen molar-refractivity contribution >= 4 is 11.9 Å². The molecule has 0 fully saturated rings. The Morgan fingerprint density at radius 1 is 0.492 bits per heavy atom. The van der Waals surface area contributed by atoms with E-state index in [-0.39, 0.29) is 24.9 Å². The van der Waals surface area contributed by atoms with Gasteiger partial charge in [0.05, 0.1) is 25.2 Å². The highest BCUT2D eigenvalue weighted by Crippen LogP contribution is 2.16. The van der Waals surface area contributed by atoms with Gasteiger partial charge in [-0.3, -0.25) is 9.59 Å². The monoisotopic (exact) mass is 848 g/mol. The fourth-order valence-electron chi connectivity index (χ4n) is 6.88. The number of unbranched alkanes of at least 4 members (excludes halogenated alkanes) is 15. The Bertz CT molecular complexity index is 1220. The van der Waals surface area contributed by atoms with Gasteiger partial charge in [-0.1, -0.05) is 195 Å². The molecular weight excluding hydrogens is 755 g/mol. The second-order valence-electron chi connectivity index (χ2n) is 16.5. The molecule has 0 aromatic heterocycles. The summed E-state index contributed by atoms with van der Waals surface area (Å²) in [6.45, 7) is 6.28. The van der Waals surface area contributed by atoms with Gasteiger partial charge in [-0.05, 0) is 103 Å². The molecule has 0 radical (unpaired) electrons. The molecule has 6 nitrogen and oxygen atoms in total. The third-order valence-electron chi connectivity index (χ3n) is 10.6. The van der Waals surface area contributed by atoms with E-state index in [1.807, 2.05) is 0 Å². The Hall–Kier alpha value is -3.22. The van der Waals surface area contributed by atoms with Gasteiger partial charge in [0, 0.05) is 6.42 Å². The van der Waals surface area contributed by atoms with E-state index in [1.165, 1.54) is 64.2 Å². The van der Waals surface area contributed by atoms with Gasteiger partial charge in [0.15, 0.2) is 0 Å². The van der Waals surface area contributed by atoms with E-state index in [1.54, 1.807) is 0 Å². The first-order chi connectivity index (χ1) is 30.0. The van der Waals surface area contributed by atoms with E-state index in [0.717, 1.165) is 103 Å². The van der Waals surface area contributed by atoms with E-state index in [0.29, 0.717) is 19.3 Å². The molecule has 348 valence electrons. The van der Waals surface area contributed by atoms with Crippen LogP contribution in [0.1, 0.15) is 213 Å². The van der Waals surface area contributed by atoms with Gasteiger partial charge in [-0.25, -0.2) is 0 Å². The lowest BCUT2D eigenvalue weighted by Gasteiger charge is -2.24. The van der Waals surface area contributed by atoms with Crippen molar-refractivity contribution in [2.24, 2.45) is 0 Å². The number of rotatable bonds is 43. The number of aliphatic hydroxyl groups is 2. The average molecular weight is 848 g/mol. The summed E-state index contributed by atoms with van der Waals surface area (Å²) >= 11 is 0. The molecule has 6 heteroatoms. The van der Waals surface area contributed by atoms with Crippen LogP contribution in [0, 0.1) is 0 Å². The second kappa shape index (κ2) is 47.8. The first kappa shape index (κ1) is 57.8. The molecule has 0 saturated heterocycles. The number of ether oxygens (including phenoxy) is 1. The highest BCUT2D eigenvalue weighted by atomic mass is 16.5. The van der Waals surface area contributed by atoms with Gasteiger partial charge in [0.1, 0.15) is 6.10 Å². The number of esters is 1. The second-order valence-corrected chi connectivity index (χ2v) is 16.5. The molecule has 0 heterocycles. The standard InChI is InChI=1S/C55H93NO5/c1-4-7-10-13-16-19-21-23-25-26-27-28-29-31-33-36-39-42-45-48-55(60)61-51(46-43-40-37-35-32-30-24-22-20-17-14-11-8-5-2)49-54(59)56-52(50-57)53(58)47-44-41-38-34-18-15-12-9-6-3/h8,11,16-17,19-20,23-25,27-28,30-31,33,35,37,51-53,57-58H,4-7,9-10,12-15,18,21-22,26,29,32,34,36,38-50H2,1-3H3,(H,56,59)/b11-8+,19-16-,20-17+,25-23-,28-27-,30-24+,33-31-,37-35+. The van der Waals surface area contributed by atoms with Gasteiger partial charge in [-0.15, -0.1) is 0 Å². The molecule has 0 aromatic rings. The number of nitrogens with one attached hydrogen (secondary N) is 1. The minimum Gasteiger partial charge on any atom is -0.462 e. The molecule has 0 rings (SSSR count). The summed E-state index contributed by atoms with van der Waals surface area (Å²) in [6, 6.07) is -0.730. The predicted octanol–water partition coefficient (Wildman–Crippen LogP) is 14.9. The molecular formula is C55H93NO5. The summed E-state index contributed by atoms with van der Waals surface area (Å²) in [5, 5.41) is 23.6. The van der Waals surface area contributed by atoms with Crippen molar-refractivity contribution in [3.05, 3.63) is 97.2 Å². The summed E-state index contributed by atoms with van der Waals surface area (Å²) in [5.41, 5.74) is 0. The van der Waals surface area contributed by atoms with Gasteiger partial charge < -0.3 is 20.3 Å². The molecule has 0 aromatic carbocycles. The average Bonchev–Trinajstić information content (AvgIpc) is 3.25. The Labute approximate surface area is 376 Å². The van der Waals surface area contributed by atoms with E-state index < -0.39 is 18.2 Å². The minimum atomic E-state index is -0.811. The zero-order valence-corrected chi connectivity index (χ0v) is 39.5. The first-order valence-electron chi connectivity index (χ1n) is 25.0. The van der Waals surface area contributed by atoms with Crippen molar-refractivity contribution in [1.82, 2.24) is 5.32 Å². The molecule has 0 aliphatic carbocycles. The number of aliphatic hydroxyl groups excluding tert-OH is 2. The molecule has 61 heavy (non-hydrogen) atoms. The highest BCUT2D eigenvalue weighted by molar-refractivity contribution is 5.77. The van der Waals surface area contributed by atoms with Crippen LogP contribution >= 0.6 is 0 Å². The van der Waals surface area contributed by atoms with Crippen LogP contribution < -0.4 is 5.32 Å². The van der Waals surface area contributed by atoms with Crippen LogP contribution in [0.5, 0.6) is 0 Å². The number of hydrogen-bond donors (Lipinski definition) is 3. The quantitative estimate of drug-likeness (QED) is 0.0323. The summed E-state index contributed by atoms with van der Waals surface area (Å²) in [5.74, 6) is -0.575. The zero-order valence-electron chi connectivity index (χ0n) is 39.5. The van der Waals surface area contributed by atoms with Crippen LogP contribution in [0.4, 0.5) is 0 Å². The third-order valence-corrected chi connectivity index (χ3v) is 10.6. The summed E-state index contributed by atoms with van der Waals surface area (Å²) < 4.78 is 5.88. The Morgan fingerprint density at radius 2 is 0.902 bits per heavy atom. The lowest BCUT2D eigenvalue weighted by atomic mass is 10.0. The predicted molar refractivity (Wildman–Crippen MR) is 264 cm³/mol. The molecule has 3 unspecified atom stereocenters. The molecule has 3 N–H and O–H groups in total. The van der Waals surface area contributed by atoms with Gasteiger partial charge in [-0.2, -0.15) is 0 Å². The molecule has 0 bridgehead atoms. The van der Waals surface area contributed by atoms with Crippen LogP contribution in [0.3, 0.4) is 0 Å². The van der Waals surface area contributed by atoms with Crippen LogP contribution in [-0.4, -0.2) is 46.9 Å². The maximum absolute atomic E-state index is 13.2. The van der Waals surface area contributed by atoms with Crippen molar-refractivity contribution in [3.63, 3.8) is 0 Å². The molecule has 3 atom stereocenters. The van der Waals surface area contributed by atoms with Crippen molar-refractivity contribution in [2.45, 2.75) is 232 Å². The zero-order chi connectivity index (χ0) is 44.5. The van der Waals surface area contributed by atoms with E-state index in [9.17, 15) is 19.8 Å². The van der Waals surface area contributed by atoms with E-state index >= 15 is 0 Å². The first-order valence-corrected chi connectivity index (χ1v) is 25.0. The Morgan fingerprint density at radius 3 is 1.39 bits per heavy atom. The van der Waals surface area contributed by atoms with Gasteiger partial charge >= 0.3 is 5.97 Å². The van der Waals surface area contributed by atoms with Gasteiger partial charge in [0.25, 0.3) is 0 Å². The number of allylic oxidation sites excluding steroid dienone is 16. The Kier molecular flexibility index (Phi) is 45.3. The number of carbonyl (C=O) groups is 2.